The van der Waals surface area contributed by atoms with Crippen LogP contribution < -0.4 is 21.5 Å². The van der Waals surface area contributed by atoms with E-state index in [1.807, 2.05) is 0 Å². The molecule has 4 heterocycles. The first-order chi connectivity index (χ1) is 25.8. The number of nitrogens with one attached hydrogen (secondary N) is 3. The fourth-order valence-electron chi connectivity index (χ4n) is 7.57. The number of aliphatic hydroxyl groups excluding tert-OH is 1. The summed E-state index contributed by atoms with van der Waals surface area (Å²) in [5.74, 6) is -4.98. The molecule has 0 radical (unpaired) electrons. The number of carbonyl (C=O) groups excluding carboxylic acids is 5. The van der Waals surface area contributed by atoms with E-state index in [1.165, 1.54) is 21.6 Å². The number of carbonyl (C=O) groups is 5. The van der Waals surface area contributed by atoms with E-state index in [1.54, 1.807) is 32.0 Å². The maximum atomic E-state index is 15.8. The molecule has 2 aromatic heterocycles. The van der Waals surface area contributed by atoms with Crippen LogP contribution in [0, 0.1) is 0 Å². The van der Waals surface area contributed by atoms with Crippen molar-refractivity contribution in [1.29, 1.82) is 0 Å². The normalized spacial score (nSPS) is 15.7. The lowest BCUT2D eigenvalue weighted by Gasteiger charge is -2.29. The monoisotopic (exact) mass is 746 g/mol. The topological polar surface area (TPSA) is 180 Å². The summed E-state index contributed by atoms with van der Waals surface area (Å²) >= 11 is 0. The molecule has 13 nitrogen and oxygen atoms in total. The Morgan fingerprint density at radius 1 is 0.944 bits per heavy atom. The van der Waals surface area contributed by atoms with Gasteiger partial charge in [0.25, 0.3) is 23.3 Å². The van der Waals surface area contributed by atoms with Crippen LogP contribution >= 0.6 is 0 Å². The number of amides is 5. The molecule has 286 valence electrons. The number of rotatable bonds is 16. The van der Waals surface area contributed by atoms with Gasteiger partial charge in [-0.2, -0.15) is 0 Å². The molecule has 6 rings (SSSR count). The number of alkyl halides is 2. The predicted molar refractivity (Wildman–Crippen MR) is 196 cm³/mol. The molecule has 0 fully saturated rings. The zero-order valence-corrected chi connectivity index (χ0v) is 30.4. The van der Waals surface area contributed by atoms with E-state index in [0.29, 0.717) is 65.8 Å². The van der Waals surface area contributed by atoms with Gasteiger partial charge in [-0.1, -0.05) is 26.2 Å². The quantitative estimate of drug-likeness (QED) is 0.0985. The maximum Gasteiger partial charge on any atom is 0.274 e. The summed E-state index contributed by atoms with van der Waals surface area (Å²) in [6.07, 6.45) is 5.56. The molecule has 0 spiro atoms. The highest BCUT2D eigenvalue weighted by molar-refractivity contribution is 6.12. The van der Waals surface area contributed by atoms with Gasteiger partial charge < -0.3 is 25.6 Å². The molecule has 3 aliphatic rings. The number of aliphatic hydroxyl groups is 1. The number of hydrogen-bond acceptors (Lipinski definition) is 8. The molecule has 0 saturated carbocycles. The lowest BCUT2D eigenvalue weighted by molar-refractivity contribution is -0.137. The Hall–Kier alpha value is -5.31. The minimum Gasteiger partial charge on any atom is -0.389 e. The Balaban J connectivity index is 0.999. The van der Waals surface area contributed by atoms with E-state index in [2.05, 4.69) is 16.0 Å². The summed E-state index contributed by atoms with van der Waals surface area (Å²) in [6, 6.07) is 4.82. The van der Waals surface area contributed by atoms with Gasteiger partial charge in [0.15, 0.2) is 0 Å². The minimum atomic E-state index is -3.21. The van der Waals surface area contributed by atoms with E-state index in [-0.39, 0.29) is 78.0 Å². The number of unbranched alkanes of at least 4 members (excludes halogenated alkanes) is 4. The zero-order chi connectivity index (χ0) is 38.7. The number of nitrogens with zero attached hydrogens (tertiary/aromatic N) is 3. The van der Waals surface area contributed by atoms with Crippen molar-refractivity contribution in [3.05, 3.63) is 68.5 Å². The van der Waals surface area contributed by atoms with Crippen molar-refractivity contribution < 1.29 is 37.9 Å². The second kappa shape index (κ2) is 16.0. The molecule has 54 heavy (non-hydrogen) atoms. The van der Waals surface area contributed by atoms with Gasteiger partial charge in [0, 0.05) is 72.3 Å². The lowest BCUT2D eigenvalue weighted by atomic mass is 9.83. The third kappa shape index (κ3) is 7.81. The van der Waals surface area contributed by atoms with Gasteiger partial charge in [-0.05, 0) is 61.9 Å². The van der Waals surface area contributed by atoms with Crippen molar-refractivity contribution in [3.8, 4) is 11.4 Å². The largest absolute Gasteiger partial charge is 0.389 e. The van der Waals surface area contributed by atoms with Gasteiger partial charge in [-0.15, -0.1) is 0 Å². The third-order valence-electron chi connectivity index (χ3n) is 10.3. The van der Waals surface area contributed by atoms with Crippen molar-refractivity contribution in [2.75, 3.05) is 25.0 Å². The van der Waals surface area contributed by atoms with E-state index >= 15 is 8.78 Å². The molecule has 4 N–H and O–H groups in total. The first-order valence-corrected chi connectivity index (χ1v) is 18.5. The summed E-state index contributed by atoms with van der Waals surface area (Å²) in [4.78, 5) is 80.0. The number of hydrogen-bond donors (Lipinski definition) is 4. The van der Waals surface area contributed by atoms with Gasteiger partial charge in [0.2, 0.25) is 17.7 Å². The van der Waals surface area contributed by atoms with Crippen molar-refractivity contribution in [2.45, 2.75) is 96.6 Å². The van der Waals surface area contributed by atoms with E-state index in [0.717, 1.165) is 19.3 Å². The minimum absolute atomic E-state index is 0.0283. The average molecular weight is 747 g/mol. The molecule has 5 amide bonds. The van der Waals surface area contributed by atoms with Crippen LogP contribution in [0.4, 0.5) is 14.5 Å². The van der Waals surface area contributed by atoms with Crippen LogP contribution in [0.1, 0.15) is 99.1 Å². The van der Waals surface area contributed by atoms with Crippen LogP contribution in [0.15, 0.2) is 35.1 Å². The number of imide groups is 1. The highest BCUT2D eigenvalue weighted by Crippen LogP contribution is 2.50. The highest BCUT2D eigenvalue weighted by Gasteiger charge is 2.43. The molecule has 1 atom stereocenters. The van der Waals surface area contributed by atoms with Crippen LogP contribution in [-0.2, 0) is 49.3 Å². The lowest BCUT2D eigenvalue weighted by Crippen LogP contribution is -2.35. The van der Waals surface area contributed by atoms with Crippen molar-refractivity contribution in [1.82, 2.24) is 25.1 Å². The van der Waals surface area contributed by atoms with Gasteiger partial charge in [-0.25, -0.2) is 13.8 Å². The molecule has 2 aliphatic heterocycles. The SMILES string of the molecule is CCc1c(C(C)O)cc2n(c1=O)Cc1c-2nc2ccc(NC(=O)CNC(=O)CCNC(=O)CCCCCCCN3C(=O)C=CC3=O)c3c2c1C(F)(F)CC3. The van der Waals surface area contributed by atoms with Gasteiger partial charge in [-0.3, -0.25) is 33.7 Å². The smallest absolute Gasteiger partial charge is 0.274 e. The molecule has 1 unspecified atom stereocenters. The fourth-order valence-corrected chi connectivity index (χ4v) is 7.57. The number of pyridine rings is 2. The zero-order valence-electron chi connectivity index (χ0n) is 30.4. The number of aryl methyl sites for hydroxylation is 1. The van der Waals surface area contributed by atoms with Crippen LogP contribution in [0.2, 0.25) is 0 Å². The number of aromatic nitrogens is 2. The number of fused-ring (bicyclic) bond motifs is 4. The Morgan fingerprint density at radius 2 is 1.65 bits per heavy atom. The van der Waals surface area contributed by atoms with Crippen molar-refractivity contribution >= 4 is 46.1 Å². The molecule has 1 aromatic carbocycles. The summed E-state index contributed by atoms with van der Waals surface area (Å²) in [6.45, 7) is 3.39. The molecular weight excluding hydrogens is 702 g/mol. The number of halogens is 2. The van der Waals surface area contributed by atoms with Crippen molar-refractivity contribution in [3.63, 3.8) is 0 Å². The first-order valence-electron chi connectivity index (χ1n) is 18.5. The summed E-state index contributed by atoms with van der Waals surface area (Å²) in [7, 11) is 0. The molecule has 0 bridgehead atoms. The Labute approximate surface area is 310 Å². The second-order valence-corrected chi connectivity index (χ2v) is 14.0. The van der Waals surface area contributed by atoms with E-state index in [4.69, 9.17) is 4.98 Å². The Kier molecular flexibility index (Phi) is 11.4. The number of benzene rings is 1. The van der Waals surface area contributed by atoms with Crippen LogP contribution in [0.3, 0.4) is 0 Å². The first kappa shape index (κ1) is 38.4. The van der Waals surface area contributed by atoms with Crippen LogP contribution in [0.25, 0.3) is 22.3 Å². The maximum absolute atomic E-state index is 15.8. The van der Waals surface area contributed by atoms with E-state index < -0.39 is 30.3 Å². The molecule has 0 saturated heterocycles. The standard InChI is InChI=1S/C39H44F2N6O7/c1-3-23-25(22(2)48)19-29-37-26(21-47(29)38(23)54)36-35-24(14-16-39(36,40)41)27(10-11-28(35)45-37)44-32(51)20-43-31(50)15-17-42-30(49)9-7-5-4-6-8-18-46-33(52)12-13-34(46)53/h10-13,19,22,48H,3-9,14-18,20-21H2,1-2H3,(H,42,49)(H,43,50)(H,44,51). The molecule has 3 aromatic rings. The Bertz CT molecular complexity index is 2110. The summed E-state index contributed by atoms with van der Waals surface area (Å²) < 4.78 is 33.0. The predicted octanol–water partition coefficient (Wildman–Crippen LogP) is 3.91. The molecule has 15 heteroatoms. The van der Waals surface area contributed by atoms with Gasteiger partial charge in [0.1, 0.15) is 0 Å². The molecule has 1 aliphatic carbocycles. The van der Waals surface area contributed by atoms with Crippen LogP contribution in [0.5, 0.6) is 0 Å². The third-order valence-corrected chi connectivity index (χ3v) is 10.3. The van der Waals surface area contributed by atoms with E-state index in [9.17, 15) is 33.9 Å². The average Bonchev–Trinajstić information content (AvgIpc) is 3.66. The van der Waals surface area contributed by atoms with Crippen molar-refractivity contribution in [2.24, 2.45) is 0 Å². The van der Waals surface area contributed by atoms with Crippen LogP contribution in [-0.4, -0.2) is 68.7 Å². The summed E-state index contributed by atoms with van der Waals surface area (Å²) in [5, 5.41) is 18.6. The Morgan fingerprint density at radius 3 is 2.37 bits per heavy atom. The second-order valence-electron chi connectivity index (χ2n) is 14.0. The number of anilines is 1. The van der Waals surface area contributed by atoms with Gasteiger partial charge >= 0.3 is 0 Å². The fraction of sp³-hybridized carbons (Fsp3) is 0.462. The molecular formula is C39H44F2N6O7. The van der Waals surface area contributed by atoms with Gasteiger partial charge in [0.05, 0.1) is 36.1 Å². The summed E-state index contributed by atoms with van der Waals surface area (Å²) in [5.41, 5.74) is 2.36. The highest BCUT2D eigenvalue weighted by atomic mass is 19.3.